The van der Waals surface area contributed by atoms with Crippen LogP contribution in [0.3, 0.4) is 0 Å². The number of benzene rings is 1. The lowest BCUT2D eigenvalue weighted by Crippen LogP contribution is -2.28. The molecule has 0 unspecified atom stereocenters. The number of rotatable bonds is 6. The van der Waals surface area contributed by atoms with Crippen LogP contribution in [-0.4, -0.2) is 34.3 Å². The average Bonchev–Trinajstić information content (AvgIpc) is 2.98. The fourth-order valence-corrected chi connectivity index (χ4v) is 2.08. The van der Waals surface area contributed by atoms with Crippen molar-refractivity contribution in [2.45, 2.75) is 26.8 Å². The zero-order valence-electron chi connectivity index (χ0n) is 14.0. The van der Waals surface area contributed by atoms with Gasteiger partial charge in [0.2, 0.25) is 5.91 Å². The topological polar surface area (TPSA) is 73.2 Å². The van der Waals surface area contributed by atoms with Gasteiger partial charge in [0.15, 0.2) is 5.69 Å². The number of carbonyl (C=O) groups is 2. The van der Waals surface area contributed by atoms with Crippen molar-refractivity contribution < 1.29 is 14.3 Å². The van der Waals surface area contributed by atoms with Crippen molar-refractivity contribution in [2.75, 3.05) is 6.61 Å². The number of carbonyl (C=O) groups excluding carboxylic acids is 2. The summed E-state index contributed by atoms with van der Waals surface area (Å²) < 4.78 is 6.63. The summed E-state index contributed by atoms with van der Waals surface area (Å²) in [5, 5.41) is 7.05. The van der Waals surface area contributed by atoms with Gasteiger partial charge in [0, 0.05) is 23.9 Å². The van der Waals surface area contributed by atoms with Gasteiger partial charge in [0.1, 0.15) is 0 Å². The third-order valence-corrected chi connectivity index (χ3v) is 3.08. The van der Waals surface area contributed by atoms with Gasteiger partial charge in [0.25, 0.3) is 0 Å². The summed E-state index contributed by atoms with van der Waals surface area (Å²) in [5.74, 6) is -0.747. The number of aromatic nitrogens is 2. The number of nitrogens with zero attached hydrogens (tertiary/aromatic N) is 2. The molecule has 0 aliphatic heterocycles. The van der Waals surface area contributed by atoms with Crippen molar-refractivity contribution >= 4 is 18.0 Å². The van der Waals surface area contributed by atoms with Crippen LogP contribution in [0, 0.1) is 0 Å². The van der Waals surface area contributed by atoms with Crippen molar-refractivity contribution in [3.63, 3.8) is 0 Å². The fourth-order valence-electron chi connectivity index (χ4n) is 2.08. The van der Waals surface area contributed by atoms with Crippen LogP contribution in [0.25, 0.3) is 11.8 Å². The summed E-state index contributed by atoms with van der Waals surface area (Å²) in [6.07, 6.45) is 4.65. The monoisotopic (exact) mass is 327 g/mol. The van der Waals surface area contributed by atoms with Gasteiger partial charge in [-0.3, -0.25) is 4.79 Å². The second-order valence-corrected chi connectivity index (χ2v) is 5.43. The Bertz CT molecular complexity index is 733. The van der Waals surface area contributed by atoms with Gasteiger partial charge < -0.3 is 10.1 Å². The molecule has 0 bridgehead atoms. The van der Waals surface area contributed by atoms with Gasteiger partial charge in [-0.2, -0.15) is 5.10 Å². The molecule has 6 nitrogen and oxygen atoms in total. The van der Waals surface area contributed by atoms with Gasteiger partial charge >= 0.3 is 5.97 Å². The molecule has 0 atom stereocenters. The molecule has 0 saturated heterocycles. The third kappa shape index (κ3) is 4.55. The van der Waals surface area contributed by atoms with E-state index in [1.807, 2.05) is 44.2 Å². The van der Waals surface area contributed by atoms with Crippen LogP contribution >= 0.6 is 0 Å². The normalized spacial score (nSPS) is 11.0. The summed E-state index contributed by atoms with van der Waals surface area (Å²) in [7, 11) is 0. The molecule has 0 radical (unpaired) electrons. The van der Waals surface area contributed by atoms with Crippen LogP contribution in [0.4, 0.5) is 0 Å². The Morgan fingerprint density at radius 1 is 1.29 bits per heavy atom. The van der Waals surface area contributed by atoms with E-state index >= 15 is 0 Å². The summed E-state index contributed by atoms with van der Waals surface area (Å²) in [4.78, 5) is 23.9. The SMILES string of the molecule is CCOC(=O)c1nn(-c2ccccc2)cc1/C=C/C(=O)NC(C)C. The number of hydrogen-bond donors (Lipinski definition) is 1. The molecule has 2 rings (SSSR count). The molecule has 0 aliphatic rings. The first-order chi connectivity index (χ1) is 11.5. The maximum Gasteiger partial charge on any atom is 0.359 e. The molecule has 0 fully saturated rings. The Labute approximate surface area is 141 Å². The number of ether oxygens (including phenoxy) is 1. The smallest absolute Gasteiger partial charge is 0.359 e. The fraction of sp³-hybridized carbons (Fsp3) is 0.278. The number of para-hydroxylation sites is 1. The highest BCUT2D eigenvalue weighted by Gasteiger charge is 2.17. The molecule has 1 amide bonds. The van der Waals surface area contributed by atoms with Crippen LogP contribution < -0.4 is 5.32 Å². The minimum absolute atomic E-state index is 0.0405. The molecule has 0 aliphatic carbocycles. The van der Waals surface area contributed by atoms with Crippen LogP contribution in [-0.2, 0) is 9.53 Å². The first-order valence-electron chi connectivity index (χ1n) is 7.82. The molecule has 24 heavy (non-hydrogen) atoms. The highest BCUT2D eigenvalue weighted by atomic mass is 16.5. The summed E-state index contributed by atoms with van der Waals surface area (Å²) in [6.45, 7) is 5.75. The predicted octanol–water partition coefficient (Wildman–Crippen LogP) is 2.59. The van der Waals surface area contributed by atoms with E-state index in [1.165, 1.54) is 6.08 Å². The van der Waals surface area contributed by atoms with E-state index in [1.54, 1.807) is 23.9 Å². The van der Waals surface area contributed by atoms with Crippen molar-refractivity contribution in [1.82, 2.24) is 15.1 Å². The molecule has 1 aromatic carbocycles. The minimum Gasteiger partial charge on any atom is -0.461 e. The van der Waals surface area contributed by atoms with E-state index in [4.69, 9.17) is 4.74 Å². The summed E-state index contributed by atoms with van der Waals surface area (Å²) in [6, 6.07) is 9.45. The Hall–Kier alpha value is -2.89. The first kappa shape index (κ1) is 17.5. The lowest BCUT2D eigenvalue weighted by Gasteiger charge is -2.04. The third-order valence-electron chi connectivity index (χ3n) is 3.08. The van der Waals surface area contributed by atoms with Gasteiger partial charge in [-0.15, -0.1) is 0 Å². The molecule has 126 valence electrons. The van der Waals surface area contributed by atoms with Gasteiger partial charge in [0.05, 0.1) is 12.3 Å². The molecule has 0 saturated carbocycles. The standard InChI is InChI=1S/C18H21N3O3/c1-4-24-18(23)17-14(10-11-16(22)19-13(2)3)12-21(20-17)15-8-6-5-7-9-15/h5-13H,4H2,1-3H3,(H,19,22)/b11-10+. The van der Waals surface area contributed by atoms with Crippen LogP contribution in [0.2, 0.25) is 0 Å². The molecule has 1 N–H and O–H groups in total. The van der Waals surface area contributed by atoms with Crippen molar-refractivity contribution in [2.24, 2.45) is 0 Å². The summed E-state index contributed by atoms with van der Waals surface area (Å²) >= 11 is 0. The zero-order valence-corrected chi connectivity index (χ0v) is 14.0. The van der Waals surface area contributed by atoms with Crippen molar-refractivity contribution in [3.8, 4) is 5.69 Å². The Balaban J connectivity index is 2.34. The number of hydrogen-bond acceptors (Lipinski definition) is 4. The lowest BCUT2D eigenvalue weighted by atomic mass is 10.2. The second kappa shape index (κ2) is 8.10. The van der Waals surface area contributed by atoms with E-state index in [2.05, 4.69) is 10.4 Å². The van der Waals surface area contributed by atoms with Gasteiger partial charge in [-0.1, -0.05) is 18.2 Å². The molecule has 1 aromatic heterocycles. The Morgan fingerprint density at radius 2 is 2.00 bits per heavy atom. The van der Waals surface area contributed by atoms with Gasteiger partial charge in [-0.05, 0) is 39.0 Å². The molecule has 0 spiro atoms. The quantitative estimate of drug-likeness (QED) is 0.654. The Kier molecular flexibility index (Phi) is 5.89. The van der Waals surface area contributed by atoms with Crippen LogP contribution in [0.5, 0.6) is 0 Å². The molecule has 1 heterocycles. The van der Waals surface area contributed by atoms with Crippen LogP contribution in [0.1, 0.15) is 36.8 Å². The van der Waals surface area contributed by atoms with Gasteiger partial charge in [-0.25, -0.2) is 9.48 Å². The largest absolute Gasteiger partial charge is 0.461 e. The number of nitrogens with one attached hydrogen (secondary N) is 1. The minimum atomic E-state index is -0.518. The highest BCUT2D eigenvalue weighted by Crippen LogP contribution is 2.15. The molecular formula is C18H21N3O3. The average molecular weight is 327 g/mol. The lowest BCUT2D eigenvalue weighted by molar-refractivity contribution is -0.116. The van der Waals surface area contributed by atoms with Crippen molar-refractivity contribution in [1.29, 1.82) is 0 Å². The molecule has 2 aromatic rings. The van der Waals surface area contributed by atoms with Crippen molar-refractivity contribution in [3.05, 3.63) is 53.9 Å². The maximum absolute atomic E-state index is 12.1. The first-order valence-corrected chi connectivity index (χ1v) is 7.82. The van der Waals surface area contributed by atoms with E-state index in [-0.39, 0.29) is 24.2 Å². The number of esters is 1. The Morgan fingerprint density at radius 3 is 2.62 bits per heavy atom. The van der Waals surface area contributed by atoms with E-state index in [0.717, 1.165) is 5.69 Å². The molecule has 6 heteroatoms. The van der Waals surface area contributed by atoms with Crippen LogP contribution in [0.15, 0.2) is 42.6 Å². The van der Waals surface area contributed by atoms with E-state index in [9.17, 15) is 9.59 Å². The summed E-state index contributed by atoms with van der Waals surface area (Å²) in [5.41, 5.74) is 1.51. The zero-order chi connectivity index (χ0) is 17.5. The number of amides is 1. The highest BCUT2D eigenvalue weighted by molar-refractivity contribution is 5.96. The van der Waals surface area contributed by atoms with E-state index < -0.39 is 5.97 Å². The maximum atomic E-state index is 12.1. The predicted molar refractivity (Wildman–Crippen MR) is 91.8 cm³/mol. The molecular weight excluding hydrogens is 306 g/mol. The van der Waals surface area contributed by atoms with E-state index in [0.29, 0.717) is 5.56 Å². The second-order valence-electron chi connectivity index (χ2n) is 5.43.